The van der Waals surface area contributed by atoms with E-state index in [4.69, 9.17) is 32.7 Å². The molecule has 1 heterocycles. The SMILES string of the molecule is CCCCCCCCOCC(Cn1ccnc1)OCc1ccc(Cl)cc1Cl. The predicted molar refractivity (Wildman–Crippen MR) is 111 cm³/mol. The molecule has 1 aromatic heterocycles. The van der Waals surface area contributed by atoms with Crippen LogP contribution in [0.25, 0.3) is 0 Å². The van der Waals surface area contributed by atoms with Crippen molar-refractivity contribution in [3.63, 3.8) is 0 Å². The lowest BCUT2D eigenvalue weighted by molar-refractivity contribution is -0.0333. The van der Waals surface area contributed by atoms with Gasteiger partial charge in [-0.15, -0.1) is 0 Å². The van der Waals surface area contributed by atoms with E-state index in [1.165, 1.54) is 32.1 Å². The Balaban J connectivity index is 1.75. The van der Waals surface area contributed by atoms with E-state index in [0.29, 0.717) is 29.8 Å². The van der Waals surface area contributed by atoms with Crippen molar-refractivity contribution in [2.24, 2.45) is 0 Å². The number of benzene rings is 1. The van der Waals surface area contributed by atoms with Gasteiger partial charge in [-0.3, -0.25) is 0 Å². The number of hydrogen-bond acceptors (Lipinski definition) is 3. The standard InChI is InChI=1S/C21H30Cl2N2O2/c1-2-3-4-5-6-7-12-26-16-20(14-25-11-10-24-17-25)27-15-18-8-9-19(22)13-21(18)23/h8-11,13,17,20H,2-7,12,14-16H2,1H3. The summed E-state index contributed by atoms with van der Waals surface area (Å²) in [6, 6.07) is 5.46. The molecule has 1 unspecified atom stereocenters. The summed E-state index contributed by atoms with van der Waals surface area (Å²) in [6.07, 6.45) is 13.0. The van der Waals surface area contributed by atoms with Crippen molar-refractivity contribution in [1.29, 1.82) is 0 Å². The van der Waals surface area contributed by atoms with Crippen molar-refractivity contribution in [2.45, 2.75) is 64.7 Å². The van der Waals surface area contributed by atoms with Crippen molar-refractivity contribution in [1.82, 2.24) is 9.55 Å². The van der Waals surface area contributed by atoms with E-state index in [1.54, 1.807) is 18.6 Å². The molecule has 0 N–H and O–H groups in total. The van der Waals surface area contributed by atoms with Crippen LogP contribution in [0.3, 0.4) is 0 Å². The van der Waals surface area contributed by atoms with E-state index in [-0.39, 0.29) is 6.10 Å². The Morgan fingerprint density at radius 2 is 1.93 bits per heavy atom. The van der Waals surface area contributed by atoms with Crippen LogP contribution in [0.4, 0.5) is 0 Å². The minimum atomic E-state index is -0.0639. The molecule has 0 saturated heterocycles. The van der Waals surface area contributed by atoms with E-state index in [1.807, 2.05) is 22.9 Å². The number of hydrogen-bond donors (Lipinski definition) is 0. The Morgan fingerprint density at radius 3 is 2.67 bits per heavy atom. The maximum Gasteiger partial charge on any atom is 0.0991 e. The molecule has 150 valence electrons. The van der Waals surface area contributed by atoms with Gasteiger partial charge < -0.3 is 14.0 Å². The lowest BCUT2D eigenvalue weighted by Gasteiger charge is -2.19. The van der Waals surface area contributed by atoms with Crippen LogP contribution in [0.5, 0.6) is 0 Å². The smallest absolute Gasteiger partial charge is 0.0991 e. The van der Waals surface area contributed by atoms with Crippen LogP contribution in [0.2, 0.25) is 10.0 Å². The third-order valence-corrected chi connectivity index (χ3v) is 5.00. The van der Waals surface area contributed by atoms with Crippen molar-refractivity contribution < 1.29 is 9.47 Å². The number of rotatable bonds is 14. The van der Waals surface area contributed by atoms with Crippen molar-refractivity contribution in [2.75, 3.05) is 13.2 Å². The molecule has 0 amide bonds. The molecule has 0 aliphatic rings. The maximum absolute atomic E-state index is 6.24. The zero-order valence-corrected chi connectivity index (χ0v) is 17.6. The molecule has 2 rings (SSSR count). The predicted octanol–water partition coefficient (Wildman–Crippen LogP) is 6.15. The molecule has 2 aromatic rings. The van der Waals surface area contributed by atoms with Crippen LogP contribution in [-0.2, 0) is 22.6 Å². The fraction of sp³-hybridized carbons (Fsp3) is 0.571. The van der Waals surface area contributed by atoms with Crippen LogP contribution in [0.15, 0.2) is 36.9 Å². The molecule has 27 heavy (non-hydrogen) atoms. The van der Waals surface area contributed by atoms with Gasteiger partial charge in [-0.2, -0.15) is 0 Å². The zero-order valence-electron chi connectivity index (χ0n) is 16.1. The monoisotopic (exact) mass is 412 g/mol. The Labute approximate surface area is 172 Å². The highest BCUT2D eigenvalue weighted by Gasteiger charge is 2.12. The molecule has 0 aliphatic carbocycles. The molecule has 0 saturated carbocycles. The summed E-state index contributed by atoms with van der Waals surface area (Å²) in [5.41, 5.74) is 0.924. The first-order chi connectivity index (χ1) is 13.2. The average molecular weight is 413 g/mol. The molecular formula is C21H30Cl2N2O2. The average Bonchev–Trinajstić information content (AvgIpc) is 3.16. The number of aromatic nitrogens is 2. The Kier molecular flexibility index (Phi) is 10.8. The Bertz CT molecular complexity index is 635. The first-order valence-electron chi connectivity index (χ1n) is 9.78. The minimum absolute atomic E-state index is 0.0639. The van der Waals surface area contributed by atoms with E-state index in [9.17, 15) is 0 Å². The molecule has 0 spiro atoms. The van der Waals surface area contributed by atoms with E-state index in [2.05, 4.69) is 11.9 Å². The van der Waals surface area contributed by atoms with Gasteiger partial charge in [0, 0.05) is 29.0 Å². The molecule has 0 radical (unpaired) electrons. The first kappa shape index (κ1) is 22.2. The summed E-state index contributed by atoms with van der Waals surface area (Å²) >= 11 is 12.2. The van der Waals surface area contributed by atoms with Gasteiger partial charge in [-0.25, -0.2) is 4.98 Å². The van der Waals surface area contributed by atoms with Crippen LogP contribution in [0.1, 0.15) is 51.0 Å². The maximum atomic E-state index is 6.24. The van der Waals surface area contributed by atoms with Crippen molar-refractivity contribution in [3.8, 4) is 0 Å². The van der Waals surface area contributed by atoms with Crippen LogP contribution in [-0.4, -0.2) is 28.9 Å². The molecule has 0 fully saturated rings. The van der Waals surface area contributed by atoms with Gasteiger partial charge in [0.25, 0.3) is 0 Å². The van der Waals surface area contributed by atoms with E-state index < -0.39 is 0 Å². The summed E-state index contributed by atoms with van der Waals surface area (Å²) < 4.78 is 14.0. The summed E-state index contributed by atoms with van der Waals surface area (Å²) in [5, 5.41) is 1.25. The van der Waals surface area contributed by atoms with Gasteiger partial charge >= 0.3 is 0 Å². The van der Waals surface area contributed by atoms with Gasteiger partial charge in [0.15, 0.2) is 0 Å². The van der Waals surface area contributed by atoms with Gasteiger partial charge in [0.1, 0.15) is 0 Å². The van der Waals surface area contributed by atoms with E-state index in [0.717, 1.165) is 18.6 Å². The van der Waals surface area contributed by atoms with Gasteiger partial charge in [-0.1, -0.05) is 68.3 Å². The normalized spacial score (nSPS) is 12.4. The van der Waals surface area contributed by atoms with E-state index >= 15 is 0 Å². The summed E-state index contributed by atoms with van der Waals surface area (Å²) in [6.45, 7) is 4.69. The number of nitrogens with zero attached hydrogens (tertiary/aromatic N) is 2. The molecule has 1 atom stereocenters. The highest BCUT2D eigenvalue weighted by Crippen LogP contribution is 2.22. The lowest BCUT2D eigenvalue weighted by Crippen LogP contribution is -2.25. The third kappa shape index (κ3) is 9.11. The Morgan fingerprint density at radius 1 is 1.11 bits per heavy atom. The van der Waals surface area contributed by atoms with Crippen molar-refractivity contribution in [3.05, 3.63) is 52.5 Å². The van der Waals surface area contributed by atoms with Crippen LogP contribution >= 0.6 is 23.2 Å². The number of halogens is 2. The fourth-order valence-electron chi connectivity index (χ4n) is 2.83. The highest BCUT2D eigenvalue weighted by atomic mass is 35.5. The third-order valence-electron chi connectivity index (χ3n) is 4.41. The fourth-order valence-corrected chi connectivity index (χ4v) is 3.29. The Hall–Kier alpha value is -1.07. The summed E-state index contributed by atoms with van der Waals surface area (Å²) in [5.74, 6) is 0. The van der Waals surface area contributed by atoms with Crippen LogP contribution in [0, 0.1) is 0 Å². The minimum Gasteiger partial charge on any atom is -0.379 e. The number of imidazole rings is 1. The largest absolute Gasteiger partial charge is 0.379 e. The van der Waals surface area contributed by atoms with Gasteiger partial charge in [0.2, 0.25) is 0 Å². The van der Waals surface area contributed by atoms with Crippen LogP contribution < -0.4 is 0 Å². The van der Waals surface area contributed by atoms with Crippen molar-refractivity contribution >= 4 is 23.2 Å². The molecule has 1 aromatic carbocycles. The first-order valence-corrected chi connectivity index (χ1v) is 10.5. The van der Waals surface area contributed by atoms with Gasteiger partial charge in [-0.05, 0) is 24.1 Å². The van der Waals surface area contributed by atoms with Gasteiger partial charge in [0.05, 0.1) is 32.2 Å². The quantitative estimate of drug-likeness (QED) is 0.349. The molecule has 0 aliphatic heterocycles. The number of unbranched alkanes of at least 4 members (excludes halogenated alkanes) is 5. The second kappa shape index (κ2) is 13.2. The molecule has 0 bridgehead atoms. The molecule has 6 heteroatoms. The summed E-state index contributed by atoms with van der Waals surface area (Å²) in [7, 11) is 0. The summed E-state index contributed by atoms with van der Waals surface area (Å²) in [4.78, 5) is 4.09. The second-order valence-corrected chi connectivity index (χ2v) is 7.61. The molecule has 4 nitrogen and oxygen atoms in total. The molecular weight excluding hydrogens is 383 g/mol. The zero-order chi connectivity index (χ0) is 19.3. The highest BCUT2D eigenvalue weighted by molar-refractivity contribution is 6.35. The number of ether oxygens (including phenoxy) is 2. The lowest BCUT2D eigenvalue weighted by atomic mass is 10.1. The topological polar surface area (TPSA) is 36.3 Å². The second-order valence-electron chi connectivity index (χ2n) is 6.77.